The quantitative estimate of drug-likeness (QED) is 0.650. The molecule has 0 aliphatic rings. The van der Waals surface area contributed by atoms with E-state index >= 15 is 0 Å². The van der Waals surface area contributed by atoms with Crippen molar-refractivity contribution >= 4 is 16.6 Å². The lowest BCUT2D eigenvalue weighted by Gasteiger charge is -2.06. The number of aryl methyl sites for hydroxylation is 1. The Hall–Kier alpha value is -2.35. The Morgan fingerprint density at radius 2 is 1.78 bits per heavy atom. The molecule has 0 saturated heterocycles. The monoisotopic (exact) mass is 234 g/mol. The number of hydrogen-bond acceptors (Lipinski definition) is 2. The van der Waals surface area contributed by atoms with Crippen molar-refractivity contribution in [2.45, 2.75) is 6.92 Å². The van der Waals surface area contributed by atoms with Crippen molar-refractivity contribution in [3.63, 3.8) is 0 Å². The van der Waals surface area contributed by atoms with E-state index in [-0.39, 0.29) is 0 Å². The van der Waals surface area contributed by atoms with Crippen LogP contribution in [0.1, 0.15) is 5.56 Å². The van der Waals surface area contributed by atoms with E-state index in [4.69, 9.17) is 5.73 Å². The Bertz CT molecular complexity index is 717. The molecule has 0 aliphatic heterocycles. The third-order valence-corrected chi connectivity index (χ3v) is 3.17. The summed E-state index contributed by atoms with van der Waals surface area (Å²) in [7, 11) is 0. The number of nitrogen functional groups attached to an aromatic ring is 1. The molecule has 1 aromatic heterocycles. The normalized spacial score (nSPS) is 10.7. The number of para-hydroxylation sites is 1. The molecular formula is C16H14N2. The van der Waals surface area contributed by atoms with Gasteiger partial charge in [-0.15, -0.1) is 0 Å². The second kappa shape index (κ2) is 4.15. The molecule has 0 saturated carbocycles. The van der Waals surface area contributed by atoms with Crippen molar-refractivity contribution in [3.8, 4) is 11.3 Å². The Labute approximate surface area is 106 Å². The third kappa shape index (κ3) is 1.82. The molecule has 18 heavy (non-hydrogen) atoms. The Kier molecular flexibility index (Phi) is 2.49. The van der Waals surface area contributed by atoms with Gasteiger partial charge in [-0.1, -0.05) is 36.4 Å². The van der Waals surface area contributed by atoms with Crippen LogP contribution < -0.4 is 5.73 Å². The van der Waals surface area contributed by atoms with Gasteiger partial charge in [0, 0.05) is 16.6 Å². The summed E-state index contributed by atoms with van der Waals surface area (Å²) in [6, 6.07) is 18.3. The molecule has 3 rings (SSSR count). The zero-order chi connectivity index (χ0) is 12.5. The molecule has 0 radical (unpaired) electrons. The number of rotatable bonds is 1. The molecule has 0 bridgehead atoms. The molecule has 1 heterocycles. The summed E-state index contributed by atoms with van der Waals surface area (Å²) in [5.74, 6) is 0. The summed E-state index contributed by atoms with van der Waals surface area (Å²) in [6.45, 7) is 2.01. The number of nitrogens with two attached hydrogens (primary N) is 1. The maximum Gasteiger partial charge on any atom is 0.0710 e. The lowest BCUT2D eigenvalue weighted by molar-refractivity contribution is 1.38. The molecule has 0 aliphatic carbocycles. The molecule has 0 amide bonds. The van der Waals surface area contributed by atoms with Gasteiger partial charge >= 0.3 is 0 Å². The number of pyridine rings is 1. The van der Waals surface area contributed by atoms with Crippen LogP contribution in [-0.4, -0.2) is 4.98 Å². The highest BCUT2D eigenvalue weighted by Gasteiger charge is 2.02. The van der Waals surface area contributed by atoms with Gasteiger partial charge in [0.1, 0.15) is 0 Å². The Morgan fingerprint density at radius 1 is 0.944 bits per heavy atom. The van der Waals surface area contributed by atoms with Crippen molar-refractivity contribution in [2.75, 3.05) is 5.73 Å². The smallest absolute Gasteiger partial charge is 0.0710 e. The summed E-state index contributed by atoms with van der Waals surface area (Å²) >= 11 is 0. The van der Waals surface area contributed by atoms with Crippen LogP contribution in [0.3, 0.4) is 0 Å². The maximum atomic E-state index is 5.94. The predicted molar refractivity (Wildman–Crippen MR) is 76.3 cm³/mol. The summed E-state index contributed by atoms with van der Waals surface area (Å²) in [6.07, 6.45) is 0. The van der Waals surface area contributed by atoms with Gasteiger partial charge in [0.15, 0.2) is 0 Å². The van der Waals surface area contributed by atoms with Crippen LogP contribution in [0.4, 0.5) is 5.69 Å². The van der Waals surface area contributed by atoms with Crippen molar-refractivity contribution in [1.29, 1.82) is 0 Å². The van der Waals surface area contributed by atoms with E-state index in [0.717, 1.165) is 33.4 Å². The number of hydrogen-bond donors (Lipinski definition) is 1. The minimum absolute atomic E-state index is 0.808. The van der Waals surface area contributed by atoms with Crippen LogP contribution in [0, 0.1) is 6.92 Å². The molecule has 0 atom stereocenters. The van der Waals surface area contributed by atoms with E-state index in [0.29, 0.717) is 0 Å². The fraction of sp³-hybridized carbons (Fsp3) is 0.0625. The van der Waals surface area contributed by atoms with E-state index in [1.54, 1.807) is 0 Å². The van der Waals surface area contributed by atoms with E-state index in [9.17, 15) is 0 Å². The van der Waals surface area contributed by atoms with Gasteiger partial charge in [0.05, 0.1) is 11.2 Å². The molecule has 0 fully saturated rings. The summed E-state index contributed by atoms with van der Waals surface area (Å²) < 4.78 is 0. The highest BCUT2D eigenvalue weighted by atomic mass is 14.7. The van der Waals surface area contributed by atoms with Crippen molar-refractivity contribution < 1.29 is 0 Å². The zero-order valence-electron chi connectivity index (χ0n) is 10.2. The fourth-order valence-electron chi connectivity index (χ4n) is 2.03. The van der Waals surface area contributed by atoms with Gasteiger partial charge in [-0.05, 0) is 30.7 Å². The van der Waals surface area contributed by atoms with Crippen LogP contribution in [0.5, 0.6) is 0 Å². The molecule has 88 valence electrons. The molecule has 3 aromatic rings. The average molecular weight is 234 g/mol. The molecule has 2 aromatic carbocycles. The van der Waals surface area contributed by atoms with Gasteiger partial charge in [-0.2, -0.15) is 0 Å². The minimum atomic E-state index is 0.808. The summed E-state index contributed by atoms with van der Waals surface area (Å²) in [5.41, 5.74) is 10.9. The van der Waals surface area contributed by atoms with Gasteiger partial charge in [-0.3, -0.25) is 0 Å². The van der Waals surface area contributed by atoms with Crippen molar-refractivity contribution in [2.24, 2.45) is 0 Å². The van der Waals surface area contributed by atoms with Crippen LogP contribution in [0.2, 0.25) is 0 Å². The standard InChI is InChI=1S/C16H14N2/c1-11-6-7-13(10-14(11)17)16-9-8-12-4-2-3-5-15(12)18-16/h2-10H,17H2,1H3. The van der Waals surface area contributed by atoms with Gasteiger partial charge in [0.2, 0.25) is 0 Å². The van der Waals surface area contributed by atoms with Gasteiger partial charge in [-0.25, -0.2) is 4.98 Å². The van der Waals surface area contributed by atoms with Crippen LogP contribution in [0.15, 0.2) is 54.6 Å². The van der Waals surface area contributed by atoms with Crippen LogP contribution in [0.25, 0.3) is 22.2 Å². The predicted octanol–water partition coefficient (Wildman–Crippen LogP) is 3.79. The second-order valence-electron chi connectivity index (χ2n) is 4.46. The molecular weight excluding hydrogens is 220 g/mol. The largest absolute Gasteiger partial charge is 0.398 e. The molecule has 0 spiro atoms. The average Bonchev–Trinajstić information content (AvgIpc) is 2.41. The molecule has 2 N–H and O–H groups in total. The number of aromatic nitrogens is 1. The second-order valence-corrected chi connectivity index (χ2v) is 4.46. The van der Waals surface area contributed by atoms with Crippen molar-refractivity contribution in [1.82, 2.24) is 4.98 Å². The van der Waals surface area contributed by atoms with E-state index in [1.807, 2.05) is 43.3 Å². The highest BCUT2D eigenvalue weighted by Crippen LogP contribution is 2.24. The van der Waals surface area contributed by atoms with Crippen LogP contribution in [-0.2, 0) is 0 Å². The maximum absolute atomic E-state index is 5.94. The first-order valence-corrected chi connectivity index (χ1v) is 5.96. The molecule has 2 heteroatoms. The molecule has 2 nitrogen and oxygen atoms in total. The van der Waals surface area contributed by atoms with Crippen molar-refractivity contribution in [3.05, 3.63) is 60.2 Å². The van der Waals surface area contributed by atoms with E-state index < -0.39 is 0 Å². The highest BCUT2D eigenvalue weighted by molar-refractivity contribution is 5.81. The summed E-state index contributed by atoms with van der Waals surface area (Å²) in [4.78, 5) is 4.66. The zero-order valence-corrected chi connectivity index (χ0v) is 10.2. The number of benzene rings is 2. The number of fused-ring (bicyclic) bond motifs is 1. The lowest BCUT2D eigenvalue weighted by Crippen LogP contribution is -1.91. The topological polar surface area (TPSA) is 38.9 Å². The minimum Gasteiger partial charge on any atom is -0.398 e. The first kappa shape index (κ1) is 10.8. The number of anilines is 1. The number of nitrogens with zero attached hydrogens (tertiary/aromatic N) is 1. The molecule has 0 unspecified atom stereocenters. The first-order chi connectivity index (χ1) is 8.74. The Balaban J connectivity index is 2.16. The Morgan fingerprint density at radius 3 is 2.61 bits per heavy atom. The lowest BCUT2D eigenvalue weighted by atomic mass is 10.1. The van der Waals surface area contributed by atoms with Crippen LogP contribution >= 0.6 is 0 Å². The first-order valence-electron chi connectivity index (χ1n) is 5.96. The van der Waals surface area contributed by atoms with E-state index in [1.165, 1.54) is 0 Å². The summed E-state index contributed by atoms with van der Waals surface area (Å²) in [5, 5.41) is 1.15. The fourth-order valence-corrected chi connectivity index (χ4v) is 2.03. The third-order valence-electron chi connectivity index (χ3n) is 3.17. The van der Waals surface area contributed by atoms with Gasteiger partial charge in [0.25, 0.3) is 0 Å². The SMILES string of the molecule is Cc1ccc(-c2ccc3ccccc3n2)cc1N. The van der Waals surface area contributed by atoms with Gasteiger partial charge < -0.3 is 5.73 Å². The van der Waals surface area contributed by atoms with E-state index in [2.05, 4.69) is 23.2 Å².